The van der Waals surface area contributed by atoms with Gasteiger partial charge in [-0.25, -0.2) is 4.79 Å². The monoisotopic (exact) mass is 348 g/mol. The Balaban J connectivity index is 2.07. The van der Waals surface area contributed by atoms with Crippen LogP contribution < -0.4 is 4.74 Å². The summed E-state index contributed by atoms with van der Waals surface area (Å²) < 4.78 is 6.03. The Morgan fingerprint density at radius 1 is 1.00 bits per heavy atom. The molecule has 2 aromatic rings. The molecule has 18 heavy (non-hydrogen) atoms. The molecule has 88 valence electrons. The highest BCUT2D eigenvalue weighted by molar-refractivity contribution is 14.1. The first-order valence-corrected chi connectivity index (χ1v) is 6.37. The molecule has 0 spiro atoms. The molecule has 0 aliphatic rings. The number of para-hydroxylation sites is 1. The third-order valence-electron chi connectivity index (χ3n) is 2.12. The lowest BCUT2D eigenvalue weighted by Crippen LogP contribution is -2.05. The Labute approximate surface area is 119 Å². The van der Waals surface area contributed by atoms with E-state index in [1.807, 2.05) is 48.5 Å². The first-order valence-electron chi connectivity index (χ1n) is 5.29. The van der Waals surface area contributed by atoms with E-state index in [2.05, 4.69) is 34.4 Å². The lowest BCUT2D eigenvalue weighted by atomic mass is 10.2. The van der Waals surface area contributed by atoms with Gasteiger partial charge in [-0.15, -0.1) is 0 Å². The summed E-state index contributed by atoms with van der Waals surface area (Å²) >= 11 is 2.11. The lowest BCUT2D eigenvalue weighted by molar-refractivity contribution is -0.128. The van der Waals surface area contributed by atoms with E-state index < -0.39 is 5.97 Å². The largest absolute Gasteiger partial charge is 0.416 e. The Kier molecular flexibility index (Phi) is 4.37. The SMILES string of the molecule is O=C(C#Cc1ccccc1)Oc1ccccc1I. The minimum absolute atomic E-state index is 0.533. The summed E-state index contributed by atoms with van der Waals surface area (Å²) in [6.07, 6.45) is 0. The van der Waals surface area contributed by atoms with Gasteiger partial charge in [-0.2, -0.15) is 0 Å². The van der Waals surface area contributed by atoms with E-state index in [0.717, 1.165) is 9.13 Å². The van der Waals surface area contributed by atoms with E-state index in [4.69, 9.17) is 4.74 Å². The minimum atomic E-state index is -0.553. The van der Waals surface area contributed by atoms with Crippen LogP contribution in [0.3, 0.4) is 0 Å². The standard InChI is InChI=1S/C15H9IO2/c16-13-8-4-5-9-14(13)18-15(17)11-10-12-6-2-1-3-7-12/h1-9H. The van der Waals surface area contributed by atoms with Crippen LogP contribution in [0.15, 0.2) is 54.6 Å². The number of esters is 1. The van der Waals surface area contributed by atoms with Crippen molar-refractivity contribution in [2.24, 2.45) is 0 Å². The van der Waals surface area contributed by atoms with Crippen molar-refractivity contribution in [3.63, 3.8) is 0 Å². The molecule has 0 aromatic heterocycles. The molecule has 0 saturated heterocycles. The summed E-state index contributed by atoms with van der Waals surface area (Å²) in [5.74, 6) is 5.20. The second-order valence-electron chi connectivity index (χ2n) is 3.44. The van der Waals surface area contributed by atoms with Gasteiger partial charge in [-0.3, -0.25) is 0 Å². The molecule has 0 aliphatic carbocycles. The molecule has 0 N–H and O–H groups in total. The van der Waals surface area contributed by atoms with Crippen LogP contribution in [0.2, 0.25) is 0 Å². The van der Waals surface area contributed by atoms with Gasteiger partial charge in [0.05, 0.1) is 3.57 Å². The van der Waals surface area contributed by atoms with E-state index in [9.17, 15) is 4.79 Å². The van der Waals surface area contributed by atoms with Gasteiger partial charge in [0.25, 0.3) is 0 Å². The number of rotatable bonds is 1. The molecule has 0 heterocycles. The van der Waals surface area contributed by atoms with Crippen molar-refractivity contribution in [2.75, 3.05) is 0 Å². The maximum atomic E-state index is 11.5. The number of hydrogen-bond acceptors (Lipinski definition) is 2. The summed E-state index contributed by atoms with van der Waals surface area (Å²) in [5, 5.41) is 0. The van der Waals surface area contributed by atoms with Gasteiger partial charge in [0, 0.05) is 11.5 Å². The van der Waals surface area contributed by atoms with Crippen LogP contribution in [-0.4, -0.2) is 5.97 Å². The molecule has 0 bridgehead atoms. The number of halogens is 1. The number of hydrogen-bond donors (Lipinski definition) is 0. The molecule has 2 rings (SSSR count). The number of carbonyl (C=O) groups is 1. The van der Waals surface area contributed by atoms with Gasteiger partial charge in [-0.1, -0.05) is 36.3 Å². The zero-order valence-corrected chi connectivity index (χ0v) is 11.5. The molecule has 2 nitrogen and oxygen atoms in total. The molecule has 0 fully saturated rings. The van der Waals surface area contributed by atoms with Crippen LogP contribution in [0, 0.1) is 15.4 Å². The highest BCUT2D eigenvalue weighted by Crippen LogP contribution is 2.19. The van der Waals surface area contributed by atoms with E-state index in [1.165, 1.54) is 0 Å². The van der Waals surface area contributed by atoms with Crippen molar-refractivity contribution in [3.05, 3.63) is 63.7 Å². The van der Waals surface area contributed by atoms with Gasteiger partial charge < -0.3 is 4.74 Å². The molecule has 3 heteroatoms. The predicted molar refractivity (Wildman–Crippen MR) is 78.1 cm³/mol. The maximum absolute atomic E-state index is 11.5. The average molecular weight is 348 g/mol. The first-order chi connectivity index (χ1) is 8.75. The molecule has 2 aromatic carbocycles. The van der Waals surface area contributed by atoms with Gasteiger partial charge in [-0.05, 0) is 46.9 Å². The molecule has 0 amide bonds. The van der Waals surface area contributed by atoms with E-state index in [1.54, 1.807) is 6.07 Å². The summed E-state index contributed by atoms with van der Waals surface area (Å²) in [6, 6.07) is 16.6. The second kappa shape index (κ2) is 6.22. The van der Waals surface area contributed by atoms with Crippen LogP contribution in [0.25, 0.3) is 0 Å². The van der Waals surface area contributed by atoms with Gasteiger partial charge in [0.15, 0.2) is 0 Å². The van der Waals surface area contributed by atoms with Crippen LogP contribution >= 0.6 is 22.6 Å². The lowest BCUT2D eigenvalue weighted by Gasteiger charge is -2.01. The van der Waals surface area contributed by atoms with Crippen LogP contribution in [0.5, 0.6) is 5.75 Å². The fraction of sp³-hybridized carbons (Fsp3) is 0. The molecular formula is C15H9IO2. The Morgan fingerprint density at radius 3 is 2.39 bits per heavy atom. The first kappa shape index (κ1) is 12.7. The number of carbonyl (C=O) groups excluding carboxylic acids is 1. The fourth-order valence-electron chi connectivity index (χ4n) is 1.30. The summed E-state index contributed by atoms with van der Waals surface area (Å²) in [4.78, 5) is 11.5. The minimum Gasteiger partial charge on any atom is -0.416 e. The highest BCUT2D eigenvalue weighted by Gasteiger charge is 2.03. The van der Waals surface area contributed by atoms with Crippen molar-refractivity contribution < 1.29 is 9.53 Å². The van der Waals surface area contributed by atoms with Crippen LogP contribution in [-0.2, 0) is 4.79 Å². The molecular weight excluding hydrogens is 339 g/mol. The Morgan fingerprint density at radius 2 is 1.67 bits per heavy atom. The smallest absolute Gasteiger partial charge is 0.390 e. The fourth-order valence-corrected chi connectivity index (χ4v) is 1.80. The van der Waals surface area contributed by atoms with Crippen molar-refractivity contribution in [1.82, 2.24) is 0 Å². The quantitative estimate of drug-likeness (QED) is 0.342. The molecule has 0 radical (unpaired) electrons. The maximum Gasteiger partial charge on any atom is 0.390 e. The Bertz CT molecular complexity index is 609. The topological polar surface area (TPSA) is 26.3 Å². The number of ether oxygens (including phenoxy) is 1. The van der Waals surface area contributed by atoms with Gasteiger partial charge in [0.2, 0.25) is 0 Å². The predicted octanol–water partition coefficient (Wildman–Crippen LogP) is 3.25. The normalized spacial score (nSPS) is 9.17. The van der Waals surface area contributed by atoms with E-state index in [0.29, 0.717) is 5.75 Å². The molecule has 0 atom stereocenters. The van der Waals surface area contributed by atoms with Crippen molar-refractivity contribution in [2.45, 2.75) is 0 Å². The summed E-state index contributed by atoms with van der Waals surface area (Å²) in [5.41, 5.74) is 0.789. The molecule has 0 unspecified atom stereocenters. The van der Waals surface area contributed by atoms with Crippen LogP contribution in [0.4, 0.5) is 0 Å². The zero-order chi connectivity index (χ0) is 12.8. The third-order valence-corrected chi connectivity index (χ3v) is 3.01. The molecule has 0 saturated carbocycles. The van der Waals surface area contributed by atoms with Crippen molar-refractivity contribution in [1.29, 1.82) is 0 Å². The third kappa shape index (κ3) is 3.60. The van der Waals surface area contributed by atoms with Crippen LogP contribution in [0.1, 0.15) is 5.56 Å². The summed E-state index contributed by atoms with van der Waals surface area (Å²) in [6.45, 7) is 0. The van der Waals surface area contributed by atoms with E-state index in [-0.39, 0.29) is 0 Å². The van der Waals surface area contributed by atoms with Gasteiger partial charge >= 0.3 is 5.97 Å². The van der Waals surface area contributed by atoms with Crippen molar-refractivity contribution >= 4 is 28.6 Å². The average Bonchev–Trinajstić information content (AvgIpc) is 2.40. The number of benzene rings is 2. The van der Waals surface area contributed by atoms with Crippen molar-refractivity contribution in [3.8, 4) is 17.6 Å². The van der Waals surface area contributed by atoms with Gasteiger partial charge in [0.1, 0.15) is 5.75 Å². The zero-order valence-electron chi connectivity index (χ0n) is 9.39. The highest BCUT2D eigenvalue weighted by atomic mass is 127. The molecule has 0 aliphatic heterocycles. The summed E-state index contributed by atoms with van der Waals surface area (Å²) in [7, 11) is 0. The Hall–Kier alpha value is -1.80. The second-order valence-corrected chi connectivity index (χ2v) is 4.60. The van der Waals surface area contributed by atoms with E-state index >= 15 is 0 Å².